The van der Waals surface area contributed by atoms with E-state index in [1.54, 1.807) is 19.1 Å². The molecular formula is C11H15NO3. The van der Waals surface area contributed by atoms with Gasteiger partial charge in [-0.15, -0.1) is 0 Å². The molecule has 1 rings (SSSR count). The SMILES string of the molecule is COC(=O)C(C)(N)COc1ccccc1. The third kappa shape index (κ3) is 3.25. The average Bonchev–Trinajstić information content (AvgIpc) is 2.27. The summed E-state index contributed by atoms with van der Waals surface area (Å²) in [6, 6.07) is 9.18. The van der Waals surface area contributed by atoms with Gasteiger partial charge in [0, 0.05) is 0 Å². The molecule has 0 aromatic heterocycles. The van der Waals surface area contributed by atoms with Crippen molar-refractivity contribution in [1.29, 1.82) is 0 Å². The van der Waals surface area contributed by atoms with Crippen LogP contribution >= 0.6 is 0 Å². The zero-order valence-electron chi connectivity index (χ0n) is 8.90. The number of carbonyl (C=O) groups excluding carboxylic acids is 1. The number of para-hydroxylation sites is 1. The third-order valence-electron chi connectivity index (χ3n) is 1.93. The Kier molecular flexibility index (Phi) is 3.68. The van der Waals surface area contributed by atoms with E-state index in [0.29, 0.717) is 5.75 Å². The van der Waals surface area contributed by atoms with Gasteiger partial charge in [0.15, 0.2) is 0 Å². The molecule has 0 aliphatic rings. The van der Waals surface area contributed by atoms with Crippen LogP contribution in [-0.2, 0) is 9.53 Å². The Morgan fingerprint density at radius 2 is 2.00 bits per heavy atom. The standard InChI is InChI=1S/C11H15NO3/c1-11(12,10(13)14-2)8-15-9-6-4-3-5-7-9/h3-7H,8,12H2,1-2H3. The third-order valence-corrected chi connectivity index (χ3v) is 1.93. The highest BCUT2D eigenvalue weighted by Crippen LogP contribution is 2.11. The monoisotopic (exact) mass is 209 g/mol. The van der Waals surface area contributed by atoms with Crippen LogP contribution < -0.4 is 10.5 Å². The second-order valence-electron chi connectivity index (χ2n) is 3.51. The van der Waals surface area contributed by atoms with Gasteiger partial charge >= 0.3 is 5.97 Å². The number of carbonyl (C=O) groups is 1. The Labute approximate surface area is 89.0 Å². The van der Waals surface area contributed by atoms with Gasteiger partial charge in [0.25, 0.3) is 0 Å². The van der Waals surface area contributed by atoms with E-state index in [4.69, 9.17) is 10.5 Å². The summed E-state index contributed by atoms with van der Waals surface area (Å²) in [5.74, 6) is 0.191. The zero-order chi connectivity index (χ0) is 11.3. The molecule has 0 aliphatic carbocycles. The van der Waals surface area contributed by atoms with Crippen molar-refractivity contribution in [2.24, 2.45) is 5.73 Å². The summed E-state index contributed by atoms with van der Waals surface area (Å²) < 4.78 is 9.93. The van der Waals surface area contributed by atoms with E-state index in [1.165, 1.54) is 7.11 Å². The van der Waals surface area contributed by atoms with Crippen LogP contribution in [0, 0.1) is 0 Å². The maximum atomic E-state index is 11.2. The number of nitrogens with two attached hydrogens (primary N) is 1. The molecule has 82 valence electrons. The van der Waals surface area contributed by atoms with Crippen molar-refractivity contribution in [3.8, 4) is 5.75 Å². The van der Waals surface area contributed by atoms with E-state index in [0.717, 1.165) is 0 Å². The van der Waals surface area contributed by atoms with Gasteiger partial charge in [-0.25, -0.2) is 4.79 Å². The summed E-state index contributed by atoms with van der Waals surface area (Å²) in [4.78, 5) is 11.2. The molecule has 0 saturated carbocycles. The minimum atomic E-state index is -1.12. The summed E-state index contributed by atoms with van der Waals surface area (Å²) in [6.07, 6.45) is 0. The smallest absolute Gasteiger partial charge is 0.329 e. The second-order valence-corrected chi connectivity index (χ2v) is 3.51. The molecule has 1 unspecified atom stereocenters. The fourth-order valence-electron chi connectivity index (χ4n) is 1.04. The van der Waals surface area contributed by atoms with Gasteiger partial charge in [0.1, 0.15) is 17.9 Å². The van der Waals surface area contributed by atoms with Crippen LogP contribution in [0.15, 0.2) is 30.3 Å². The maximum Gasteiger partial charge on any atom is 0.329 e. The van der Waals surface area contributed by atoms with E-state index < -0.39 is 11.5 Å². The summed E-state index contributed by atoms with van der Waals surface area (Å²) >= 11 is 0. The number of benzene rings is 1. The number of esters is 1. The first kappa shape index (κ1) is 11.5. The van der Waals surface area contributed by atoms with Crippen LogP contribution in [0.5, 0.6) is 5.75 Å². The summed E-state index contributed by atoms with van der Waals surface area (Å²) in [5.41, 5.74) is 4.60. The number of rotatable bonds is 4. The first-order valence-corrected chi connectivity index (χ1v) is 4.61. The molecule has 15 heavy (non-hydrogen) atoms. The minimum Gasteiger partial charge on any atom is -0.491 e. The first-order valence-electron chi connectivity index (χ1n) is 4.61. The molecule has 0 bridgehead atoms. The van der Waals surface area contributed by atoms with Gasteiger partial charge in [-0.3, -0.25) is 0 Å². The van der Waals surface area contributed by atoms with Crippen molar-refractivity contribution in [2.75, 3.05) is 13.7 Å². The Morgan fingerprint density at radius 1 is 1.40 bits per heavy atom. The minimum absolute atomic E-state index is 0.0870. The van der Waals surface area contributed by atoms with Crippen molar-refractivity contribution in [2.45, 2.75) is 12.5 Å². The number of hydrogen-bond donors (Lipinski definition) is 1. The predicted octanol–water partition coefficient (Wildman–Crippen LogP) is 0.956. The predicted molar refractivity (Wildman–Crippen MR) is 56.5 cm³/mol. The van der Waals surface area contributed by atoms with Crippen LogP contribution in [0.4, 0.5) is 0 Å². The zero-order valence-corrected chi connectivity index (χ0v) is 8.90. The number of hydrogen-bond acceptors (Lipinski definition) is 4. The number of ether oxygens (including phenoxy) is 2. The Morgan fingerprint density at radius 3 is 2.53 bits per heavy atom. The van der Waals surface area contributed by atoms with Crippen LogP contribution in [0.2, 0.25) is 0 Å². The summed E-state index contributed by atoms with van der Waals surface area (Å²) in [6.45, 7) is 1.66. The second kappa shape index (κ2) is 4.79. The molecule has 0 radical (unpaired) electrons. The van der Waals surface area contributed by atoms with Crippen LogP contribution in [0.3, 0.4) is 0 Å². The summed E-state index contributed by atoms with van der Waals surface area (Å²) in [7, 11) is 1.30. The van der Waals surface area contributed by atoms with Crippen LogP contribution in [0.25, 0.3) is 0 Å². The lowest BCUT2D eigenvalue weighted by Crippen LogP contribution is -2.50. The van der Waals surface area contributed by atoms with Gasteiger partial charge in [0.05, 0.1) is 7.11 Å². The van der Waals surface area contributed by atoms with Gasteiger partial charge in [0.2, 0.25) is 0 Å². The largest absolute Gasteiger partial charge is 0.491 e. The van der Waals surface area contributed by atoms with E-state index in [-0.39, 0.29) is 6.61 Å². The Balaban J connectivity index is 2.53. The van der Waals surface area contributed by atoms with Gasteiger partial charge in [-0.1, -0.05) is 18.2 Å². The molecular weight excluding hydrogens is 194 g/mol. The van der Waals surface area contributed by atoms with Gasteiger partial charge < -0.3 is 15.2 Å². The van der Waals surface area contributed by atoms with Crippen LogP contribution in [-0.4, -0.2) is 25.2 Å². The van der Waals surface area contributed by atoms with Crippen molar-refractivity contribution in [3.63, 3.8) is 0 Å². The lowest BCUT2D eigenvalue weighted by atomic mass is 10.1. The van der Waals surface area contributed by atoms with Crippen molar-refractivity contribution in [3.05, 3.63) is 30.3 Å². The van der Waals surface area contributed by atoms with Gasteiger partial charge in [-0.2, -0.15) is 0 Å². The highest BCUT2D eigenvalue weighted by Gasteiger charge is 2.30. The molecule has 1 aromatic carbocycles. The molecule has 0 heterocycles. The van der Waals surface area contributed by atoms with Crippen molar-refractivity contribution < 1.29 is 14.3 Å². The molecule has 2 N–H and O–H groups in total. The lowest BCUT2D eigenvalue weighted by molar-refractivity contribution is -0.147. The van der Waals surface area contributed by atoms with E-state index in [9.17, 15) is 4.79 Å². The van der Waals surface area contributed by atoms with E-state index >= 15 is 0 Å². The molecule has 4 heteroatoms. The Bertz CT molecular complexity index is 322. The average molecular weight is 209 g/mol. The van der Waals surface area contributed by atoms with E-state index in [1.807, 2.05) is 18.2 Å². The first-order chi connectivity index (χ1) is 7.06. The fraction of sp³-hybridized carbons (Fsp3) is 0.364. The Hall–Kier alpha value is -1.55. The molecule has 0 aliphatic heterocycles. The molecule has 4 nitrogen and oxygen atoms in total. The lowest BCUT2D eigenvalue weighted by Gasteiger charge is -2.21. The van der Waals surface area contributed by atoms with Gasteiger partial charge in [-0.05, 0) is 19.1 Å². The number of methoxy groups -OCH3 is 1. The molecule has 1 atom stereocenters. The molecule has 0 fully saturated rings. The highest BCUT2D eigenvalue weighted by molar-refractivity contribution is 5.80. The van der Waals surface area contributed by atoms with E-state index in [2.05, 4.69) is 4.74 Å². The van der Waals surface area contributed by atoms with Crippen molar-refractivity contribution in [1.82, 2.24) is 0 Å². The maximum absolute atomic E-state index is 11.2. The van der Waals surface area contributed by atoms with Crippen molar-refractivity contribution >= 4 is 5.97 Å². The fourth-order valence-corrected chi connectivity index (χ4v) is 1.04. The normalized spacial score (nSPS) is 14.1. The summed E-state index contributed by atoms with van der Waals surface area (Å²) in [5, 5.41) is 0. The molecule has 1 aromatic rings. The topological polar surface area (TPSA) is 61.5 Å². The molecule has 0 saturated heterocycles. The quantitative estimate of drug-likeness (QED) is 0.750. The molecule has 0 amide bonds. The molecule has 0 spiro atoms. The highest BCUT2D eigenvalue weighted by atomic mass is 16.5. The van der Waals surface area contributed by atoms with Crippen LogP contribution in [0.1, 0.15) is 6.92 Å².